The van der Waals surface area contributed by atoms with Crippen molar-refractivity contribution in [2.24, 2.45) is 0 Å². The van der Waals surface area contributed by atoms with E-state index in [1.54, 1.807) is 12.1 Å². The van der Waals surface area contributed by atoms with Crippen molar-refractivity contribution >= 4 is 0 Å². The molecular formula is C14H21NO3. The monoisotopic (exact) mass is 251 g/mol. The number of benzene rings is 1. The number of phenols is 1. The molecule has 1 aromatic rings. The van der Waals surface area contributed by atoms with E-state index in [9.17, 15) is 10.2 Å². The summed E-state index contributed by atoms with van der Waals surface area (Å²) in [5, 5.41) is 22.3. The first kappa shape index (κ1) is 13.3. The van der Waals surface area contributed by atoms with Crippen LogP contribution in [0.15, 0.2) is 24.3 Å². The molecule has 1 aliphatic heterocycles. The van der Waals surface area contributed by atoms with E-state index in [0.717, 1.165) is 31.6 Å². The molecule has 1 fully saturated rings. The van der Waals surface area contributed by atoms with Crippen LogP contribution in [-0.4, -0.2) is 36.1 Å². The lowest BCUT2D eigenvalue weighted by Gasteiger charge is -2.30. The molecule has 0 radical (unpaired) electrons. The van der Waals surface area contributed by atoms with Crippen LogP contribution >= 0.6 is 0 Å². The Morgan fingerprint density at radius 3 is 2.67 bits per heavy atom. The Balaban J connectivity index is 2.01. The molecule has 0 aliphatic carbocycles. The highest BCUT2D eigenvalue weighted by atomic mass is 16.5. The summed E-state index contributed by atoms with van der Waals surface area (Å²) in [5.74, 6) is 0.234. The van der Waals surface area contributed by atoms with E-state index < -0.39 is 5.54 Å². The Kier molecular flexibility index (Phi) is 4.22. The van der Waals surface area contributed by atoms with Gasteiger partial charge in [-0.25, -0.2) is 0 Å². The van der Waals surface area contributed by atoms with Crippen LogP contribution in [0.4, 0.5) is 0 Å². The van der Waals surface area contributed by atoms with Crippen LogP contribution in [0.3, 0.4) is 0 Å². The van der Waals surface area contributed by atoms with Gasteiger partial charge in [0.05, 0.1) is 18.2 Å². The summed E-state index contributed by atoms with van der Waals surface area (Å²) in [7, 11) is 0. The lowest BCUT2D eigenvalue weighted by atomic mass is 9.92. The normalized spacial score (nSPS) is 22.9. The third-order valence-corrected chi connectivity index (χ3v) is 3.56. The predicted octanol–water partition coefficient (Wildman–Crippen LogP) is 1.37. The second-order valence-electron chi connectivity index (χ2n) is 5.05. The molecule has 0 bridgehead atoms. The van der Waals surface area contributed by atoms with Crippen molar-refractivity contribution in [2.75, 3.05) is 19.8 Å². The fourth-order valence-electron chi connectivity index (χ4n) is 2.22. The van der Waals surface area contributed by atoms with Gasteiger partial charge in [0.25, 0.3) is 0 Å². The van der Waals surface area contributed by atoms with E-state index >= 15 is 0 Å². The summed E-state index contributed by atoms with van der Waals surface area (Å²) in [6, 6.07) is 6.93. The average Bonchev–Trinajstić information content (AvgIpc) is 2.90. The van der Waals surface area contributed by atoms with Gasteiger partial charge in [-0.1, -0.05) is 12.1 Å². The molecule has 3 N–H and O–H groups in total. The molecule has 1 aromatic carbocycles. The third kappa shape index (κ3) is 3.02. The fourth-order valence-corrected chi connectivity index (χ4v) is 2.22. The third-order valence-electron chi connectivity index (χ3n) is 3.56. The Labute approximate surface area is 108 Å². The zero-order valence-electron chi connectivity index (χ0n) is 10.7. The minimum absolute atomic E-state index is 0.00446. The first-order chi connectivity index (χ1) is 8.64. The highest BCUT2D eigenvalue weighted by molar-refractivity contribution is 5.30. The van der Waals surface area contributed by atoms with E-state index in [2.05, 4.69) is 5.32 Å². The molecule has 2 rings (SSSR count). The van der Waals surface area contributed by atoms with Gasteiger partial charge in [-0.15, -0.1) is 0 Å². The summed E-state index contributed by atoms with van der Waals surface area (Å²) in [6.07, 6.45) is 2.43. The van der Waals surface area contributed by atoms with Gasteiger partial charge in [0.1, 0.15) is 5.75 Å². The molecule has 4 nitrogen and oxygen atoms in total. The number of aliphatic hydroxyl groups excluding tert-OH is 1. The molecule has 0 amide bonds. The highest BCUT2D eigenvalue weighted by Crippen LogP contribution is 2.23. The lowest BCUT2D eigenvalue weighted by Crippen LogP contribution is -2.46. The van der Waals surface area contributed by atoms with Crippen molar-refractivity contribution in [3.05, 3.63) is 29.8 Å². The number of phenolic OH excluding ortho intramolecular Hbond substituents is 1. The molecule has 1 aliphatic rings. The Morgan fingerprint density at radius 1 is 1.39 bits per heavy atom. The van der Waals surface area contributed by atoms with Crippen LogP contribution in [0.5, 0.6) is 5.75 Å². The summed E-state index contributed by atoms with van der Waals surface area (Å²) >= 11 is 0. The largest absolute Gasteiger partial charge is 0.508 e. The van der Waals surface area contributed by atoms with Gasteiger partial charge in [-0.3, -0.25) is 0 Å². The number of ether oxygens (including phenoxy) is 1. The van der Waals surface area contributed by atoms with Crippen molar-refractivity contribution in [1.82, 2.24) is 5.32 Å². The first-order valence-corrected chi connectivity index (χ1v) is 6.41. The maximum absolute atomic E-state index is 9.62. The summed E-state index contributed by atoms with van der Waals surface area (Å²) < 4.78 is 5.56. The van der Waals surface area contributed by atoms with Gasteiger partial charge in [0, 0.05) is 13.2 Å². The van der Waals surface area contributed by atoms with Crippen LogP contribution in [0.2, 0.25) is 0 Å². The smallest absolute Gasteiger partial charge is 0.115 e. The van der Waals surface area contributed by atoms with Crippen molar-refractivity contribution in [3.8, 4) is 5.75 Å². The van der Waals surface area contributed by atoms with Crippen LogP contribution in [0.1, 0.15) is 25.3 Å². The van der Waals surface area contributed by atoms with Crippen LogP contribution in [0.25, 0.3) is 0 Å². The second-order valence-corrected chi connectivity index (χ2v) is 5.05. The van der Waals surface area contributed by atoms with E-state index in [4.69, 9.17) is 4.74 Å². The molecule has 0 spiro atoms. The number of hydrogen-bond donors (Lipinski definition) is 3. The topological polar surface area (TPSA) is 61.7 Å². The molecule has 100 valence electrons. The Hall–Kier alpha value is -1.10. The maximum atomic E-state index is 9.62. The van der Waals surface area contributed by atoms with E-state index in [0.29, 0.717) is 0 Å². The fraction of sp³-hybridized carbons (Fsp3) is 0.571. The highest BCUT2D eigenvalue weighted by Gasteiger charge is 2.27. The van der Waals surface area contributed by atoms with Crippen LogP contribution in [0, 0.1) is 0 Å². The zero-order chi connectivity index (χ0) is 13.0. The first-order valence-electron chi connectivity index (χ1n) is 6.41. The summed E-state index contributed by atoms with van der Waals surface area (Å²) in [5.41, 5.74) is 0.459. The molecule has 1 heterocycles. The quantitative estimate of drug-likeness (QED) is 0.739. The Bertz CT molecular complexity index is 373. The van der Waals surface area contributed by atoms with Gasteiger partial charge in [0.15, 0.2) is 0 Å². The van der Waals surface area contributed by atoms with E-state index in [-0.39, 0.29) is 18.5 Å². The number of hydrogen-bond acceptors (Lipinski definition) is 4. The maximum Gasteiger partial charge on any atom is 0.115 e. The standard InChI is InChI=1S/C14H21NO3/c1-14(10-16,11-4-6-12(17)7-5-11)15-9-13-3-2-8-18-13/h4-7,13,15-17H,2-3,8-10H2,1H3. The number of aromatic hydroxyl groups is 1. The SMILES string of the molecule is CC(CO)(NCC1CCCO1)c1ccc(O)cc1. The Morgan fingerprint density at radius 2 is 2.11 bits per heavy atom. The molecule has 0 aromatic heterocycles. The average molecular weight is 251 g/mol. The number of nitrogens with one attached hydrogen (secondary N) is 1. The molecule has 1 saturated heterocycles. The molecule has 2 unspecified atom stereocenters. The number of aliphatic hydroxyl groups is 1. The lowest BCUT2D eigenvalue weighted by molar-refractivity contribution is 0.0910. The molecule has 4 heteroatoms. The van der Waals surface area contributed by atoms with Crippen molar-refractivity contribution < 1.29 is 14.9 Å². The molecule has 0 saturated carbocycles. The van der Waals surface area contributed by atoms with Crippen molar-refractivity contribution in [1.29, 1.82) is 0 Å². The predicted molar refractivity (Wildman–Crippen MR) is 69.5 cm³/mol. The van der Waals surface area contributed by atoms with Gasteiger partial charge in [0.2, 0.25) is 0 Å². The minimum Gasteiger partial charge on any atom is -0.508 e. The van der Waals surface area contributed by atoms with Gasteiger partial charge < -0.3 is 20.3 Å². The minimum atomic E-state index is -0.500. The summed E-state index contributed by atoms with van der Waals surface area (Å²) in [4.78, 5) is 0. The molecular weight excluding hydrogens is 230 g/mol. The summed E-state index contributed by atoms with van der Waals surface area (Å²) in [6.45, 7) is 3.53. The van der Waals surface area contributed by atoms with Gasteiger partial charge in [-0.05, 0) is 37.5 Å². The van der Waals surface area contributed by atoms with Gasteiger partial charge in [-0.2, -0.15) is 0 Å². The van der Waals surface area contributed by atoms with E-state index in [1.807, 2.05) is 19.1 Å². The van der Waals surface area contributed by atoms with Crippen molar-refractivity contribution in [2.45, 2.75) is 31.4 Å². The van der Waals surface area contributed by atoms with Crippen molar-refractivity contribution in [3.63, 3.8) is 0 Å². The van der Waals surface area contributed by atoms with E-state index in [1.165, 1.54) is 0 Å². The number of rotatable bonds is 5. The zero-order valence-corrected chi connectivity index (χ0v) is 10.7. The van der Waals surface area contributed by atoms with Gasteiger partial charge >= 0.3 is 0 Å². The molecule has 18 heavy (non-hydrogen) atoms. The second kappa shape index (κ2) is 5.69. The van der Waals surface area contributed by atoms with Crippen LogP contribution < -0.4 is 5.32 Å². The molecule has 2 atom stereocenters. The van der Waals surface area contributed by atoms with Crippen LogP contribution in [-0.2, 0) is 10.3 Å².